The highest BCUT2D eigenvalue weighted by Gasteiger charge is 2.42. The van der Waals surface area contributed by atoms with Crippen molar-refractivity contribution in [1.29, 1.82) is 0 Å². The Balaban J connectivity index is 0.000000461. The first kappa shape index (κ1) is 10.6. The van der Waals surface area contributed by atoms with Gasteiger partial charge >= 0.3 is 0 Å². The second kappa shape index (κ2) is 5.24. The van der Waals surface area contributed by atoms with Gasteiger partial charge in [0, 0.05) is 12.5 Å². The molecule has 0 aromatic carbocycles. The second-order valence-electron chi connectivity index (χ2n) is 2.72. The summed E-state index contributed by atoms with van der Waals surface area (Å²) >= 11 is 0. The minimum atomic E-state index is 0.149. The van der Waals surface area contributed by atoms with Crippen molar-refractivity contribution in [3.8, 4) is 0 Å². The third-order valence-corrected chi connectivity index (χ3v) is 1.81. The van der Waals surface area contributed by atoms with Crippen LogP contribution in [0, 0.1) is 10.3 Å². The van der Waals surface area contributed by atoms with Gasteiger partial charge in [0.25, 0.3) is 0 Å². The number of hydrogen-bond donors (Lipinski definition) is 0. The maximum Gasteiger partial charge on any atom is 0.0889 e. The normalized spacial score (nSPS) is 18.1. The molecule has 1 rings (SSSR count). The summed E-state index contributed by atoms with van der Waals surface area (Å²) in [7, 11) is 1.66. The molecule has 0 bridgehead atoms. The van der Waals surface area contributed by atoms with E-state index in [1.807, 2.05) is 13.8 Å². The molecule has 0 aliphatic heterocycles. The van der Waals surface area contributed by atoms with Crippen LogP contribution in [0.5, 0.6) is 0 Å². The number of ether oxygens (including phenoxy) is 1. The molecule has 0 saturated heterocycles. The lowest BCUT2D eigenvalue weighted by Crippen LogP contribution is -2.11. The first-order valence-corrected chi connectivity index (χ1v) is 4.11. The van der Waals surface area contributed by atoms with E-state index >= 15 is 0 Å². The Kier molecular flexibility index (Phi) is 5.03. The Morgan fingerprint density at radius 1 is 1.45 bits per heavy atom. The minimum Gasteiger partial charge on any atom is -0.384 e. The van der Waals surface area contributed by atoms with Crippen LogP contribution in [0.15, 0.2) is 5.18 Å². The minimum absolute atomic E-state index is 0.149. The first-order chi connectivity index (χ1) is 5.33. The van der Waals surface area contributed by atoms with Crippen LogP contribution < -0.4 is 0 Å². The standard InChI is InChI=1S/C6H11NO2.C2H6/c1-9-5-6(2-3-6)4-7-8;1-2/h2-5H2,1H3;1-2H3. The molecule has 0 aromatic heterocycles. The summed E-state index contributed by atoms with van der Waals surface area (Å²) in [5, 5.41) is 2.86. The molecule has 3 heteroatoms. The highest BCUT2D eigenvalue weighted by molar-refractivity contribution is 4.94. The summed E-state index contributed by atoms with van der Waals surface area (Å²) in [5.41, 5.74) is 0.149. The first-order valence-electron chi connectivity index (χ1n) is 4.11. The molecular weight excluding hydrogens is 142 g/mol. The van der Waals surface area contributed by atoms with E-state index in [1.54, 1.807) is 7.11 Å². The summed E-state index contributed by atoms with van der Waals surface area (Å²) in [4.78, 5) is 9.83. The molecule has 66 valence electrons. The third-order valence-electron chi connectivity index (χ3n) is 1.81. The predicted octanol–water partition coefficient (Wildman–Crippen LogP) is 2.21. The van der Waals surface area contributed by atoms with Crippen molar-refractivity contribution in [3.05, 3.63) is 4.91 Å². The van der Waals surface area contributed by atoms with Crippen LogP contribution in [0.4, 0.5) is 0 Å². The molecule has 0 unspecified atom stereocenters. The molecule has 1 fully saturated rings. The zero-order chi connectivity index (χ0) is 8.74. The van der Waals surface area contributed by atoms with Crippen LogP contribution in [0.3, 0.4) is 0 Å². The molecule has 1 aliphatic carbocycles. The van der Waals surface area contributed by atoms with Crippen LogP contribution in [-0.4, -0.2) is 20.3 Å². The van der Waals surface area contributed by atoms with E-state index in [0.29, 0.717) is 13.2 Å². The van der Waals surface area contributed by atoms with Gasteiger partial charge in [0.1, 0.15) is 0 Å². The van der Waals surface area contributed by atoms with Crippen LogP contribution in [-0.2, 0) is 4.74 Å². The Labute approximate surface area is 68.1 Å². The van der Waals surface area contributed by atoms with E-state index in [0.717, 1.165) is 12.8 Å². The number of methoxy groups -OCH3 is 1. The smallest absolute Gasteiger partial charge is 0.0889 e. The second-order valence-corrected chi connectivity index (χ2v) is 2.72. The lowest BCUT2D eigenvalue weighted by atomic mass is 10.1. The number of hydrogen-bond acceptors (Lipinski definition) is 3. The van der Waals surface area contributed by atoms with Gasteiger partial charge < -0.3 is 4.74 Å². The van der Waals surface area contributed by atoms with E-state index in [9.17, 15) is 4.91 Å². The van der Waals surface area contributed by atoms with Gasteiger partial charge in [0.2, 0.25) is 0 Å². The van der Waals surface area contributed by atoms with Crippen molar-refractivity contribution in [3.63, 3.8) is 0 Å². The van der Waals surface area contributed by atoms with Crippen LogP contribution in [0.25, 0.3) is 0 Å². The average molecular weight is 159 g/mol. The molecule has 0 amide bonds. The molecular formula is C8H17NO2. The molecule has 11 heavy (non-hydrogen) atoms. The van der Waals surface area contributed by atoms with Crippen LogP contribution >= 0.6 is 0 Å². The van der Waals surface area contributed by atoms with Gasteiger partial charge in [-0.1, -0.05) is 19.0 Å². The van der Waals surface area contributed by atoms with Crippen molar-refractivity contribution in [2.24, 2.45) is 10.6 Å². The van der Waals surface area contributed by atoms with Gasteiger partial charge in [0.15, 0.2) is 0 Å². The maximum atomic E-state index is 9.83. The van der Waals surface area contributed by atoms with Crippen molar-refractivity contribution >= 4 is 0 Å². The summed E-state index contributed by atoms with van der Waals surface area (Å²) in [6.07, 6.45) is 2.21. The van der Waals surface area contributed by atoms with Gasteiger partial charge in [-0.05, 0) is 12.8 Å². The molecule has 0 atom stereocenters. The largest absolute Gasteiger partial charge is 0.384 e. The molecule has 0 heterocycles. The Bertz CT molecular complexity index is 111. The molecule has 1 aliphatic rings. The monoisotopic (exact) mass is 159 g/mol. The van der Waals surface area contributed by atoms with Gasteiger partial charge in [-0.25, -0.2) is 0 Å². The Hall–Kier alpha value is -0.440. The Morgan fingerprint density at radius 2 is 2.00 bits per heavy atom. The molecule has 0 N–H and O–H groups in total. The van der Waals surface area contributed by atoms with E-state index < -0.39 is 0 Å². The van der Waals surface area contributed by atoms with Crippen LogP contribution in [0.1, 0.15) is 26.7 Å². The number of nitrogens with zero attached hydrogens (tertiary/aromatic N) is 1. The van der Waals surface area contributed by atoms with E-state index in [1.165, 1.54) is 0 Å². The number of nitroso groups, excluding NO2 is 1. The quantitative estimate of drug-likeness (QED) is 0.590. The van der Waals surface area contributed by atoms with Crippen LogP contribution in [0.2, 0.25) is 0 Å². The number of rotatable bonds is 4. The van der Waals surface area contributed by atoms with Crippen molar-refractivity contribution in [1.82, 2.24) is 0 Å². The van der Waals surface area contributed by atoms with E-state index in [4.69, 9.17) is 4.74 Å². The highest BCUT2D eigenvalue weighted by atomic mass is 16.5. The third kappa shape index (κ3) is 3.46. The lowest BCUT2D eigenvalue weighted by Gasteiger charge is -2.06. The average Bonchev–Trinajstić information content (AvgIpc) is 2.75. The summed E-state index contributed by atoms with van der Waals surface area (Å²) in [6, 6.07) is 0. The van der Waals surface area contributed by atoms with Gasteiger partial charge in [-0.2, -0.15) is 4.91 Å². The predicted molar refractivity (Wildman–Crippen MR) is 45.6 cm³/mol. The van der Waals surface area contributed by atoms with Gasteiger partial charge in [-0.3, -0.25) is 0 Å². The zero-order valence-electron chi connectivity index (χ0n) is 7.59. The maximum absolute atomic E-state index is 9.83. The van der Waals surface area contributed by atoms with E-state index in [2.05, 4.69) is 5.18 Å². The molecule has 1 saturated carbocycles. The molecule has 3 nitrogen and oxygen atoms in total. The molecule has 0 spiro atoms. The summed E-state index contributed by atoms with van der Waals surface area (Å²) in [6.45, 7) is 5.12. The van der Waals surface area contributed by atoms with E-state index in [-0.39, 0.29) is 5.41 Å². The summed E-state index contributed by atoms with van der Waals surface area (Å²) < 4.78 is 4.92. The van der Waals surface area contributed by atoms with Crippen molar-refractivity contribution < 1.29 is 4.74 Å². The fourth-order valence-corrected chi connectivity index (χ4v) is 0.968. The fourth-order valence-electron chi connectivity index (χ4n) is 0.968. The highest BCUT2D eigenvalue weighted by Crippen LogP contribution is 2.45. The van der Waals surface area contributed by atoms with Crippen molar-refractivity contribution in [2.45, 2.75) is 26.7 Å². The molecule has 0 aromatic rings. The topological polar surface area (TPSA) is 38.7 Å². The van der Waals surface area contributed by atoms with Crippen molar-refractivity contribution in [2.75, 3.05) is 20.3 Å². The SMILES string of the molecule is CC.COCC1(CN=O)CC1. The molecule has 0 radical (unpaired) electrons. The van der Waals surface area contributed by atoms with Gasteiger partial charge in [0.05, 0.1) is 13.2 Å². The van der Waals surface area contributed by atoms with Gasteiger partial charge in [-0.15, -0.1) is 0 Å². The summed E-state index contributed by atoms with van der Waals surface area (Å²) in [5.74, 6) is 0. The Morgan fingerprint density at radius 3 is 2.27 bits per heavy atom. The zero-order valence-corrected chi connectivity index (χ0v) is 7.59. The lowest BCUT2D eigenvalue weighted by molar-refractivity contribution is 0.145. The fraction of sp³-hybridized carbons (Fsp3) is 1.00.